The van der Waals surface area contributed by atoms with E-state index >= 15 is 0 Å². The van der Waals surface area contributed by atoms with E-state index < -0.39 is 18.6 Å². The summed E-state index contributed by atoms with van der Waals surface area (Å²) >= 11 is 0. The summed E-state index contributed by atoms with van der Waals surface area (Å²) in [6.45, 7) is 8.88. The molecule has 0 bridgehead atoms. The summed E-state index contributed by atoms with van der Waals surface area (Å²) in [4.78, 5) is 51.5. The molecule has 1 saturated heterocycles. The Morgan fingerprint density at radius 1 is 1.00 bits per heavy atom. The number of likely N-dealkylation sites (tertiary alicyclic amines) is 1. The number of nitrogens with zero attached hydrogens (tertiary/aromatic N) is 1. The number of ether oxygens (including phenoxy) is 1. The van der Waals surface area contributed by atoms with Crippen molar-refractivity contribution in [3.63, 3.8) is 0 Å². The molecule has 1 aliphatic heterocycles. The lowest BCUT2D eigenvalue weighted by atomic mass is 9.81. The molecule has 1 aromatic rings. The van der Waals surface area contributed by atoms with Gasteiger partial charge in [-0.25, -0.2) is 4.79 Å². The number of carbonyl (C=O) groups excluding carboxylic acids is 4. The molecule has 0 N–H and O–H groups in total. The molecule has 0 aromatic heterocycles. The number of amides is 2. The van der Waals surface area contributed by atoms with Crippen LogP contribution in [0, 0.1) is 39.5 Å². The summed E-state index contributed by atoms with van der Waals surface area (Å²) < 4.78 is 5.21. The smallest absolute Gasteiger partial charge is 0.329 e. The summed E-state index contributed by atoms with van der Waals surface area (Å²) in [6, 6.07) is 0.797. The third-order valence-electron chi connectivity index (χ3n) is 6.73. The molecular formula is C23H29NO5. The molecule has 2 unspecified atom stereocenters. The van der Waals surface area contributed by atoms with Gasteiger partial charge in [-0.3, -0.25) is 19.3 Å². The number of fused-ring (bicyclic) bond motifs is 1. The highest BCUT2D eigenvalue weighted by atomic mass is 16.5. The van der Waals surface area contributed by atoms with Crippen LogP contribution in [0.4, 0.5) is 0 Å². The molecule has 2 fully saturated rings. The van der Waals surface area contributed by atoms with Crippen molar-refractivity contribution in [2.24, 2.45) is 11.8 Å². The van der Waals surface area contributed by atoms with Crippen LogP contribution in [0.15, 0.2) is 6.07 Å². The van der Waals surface area contributed by atoms with Crippen LogP contribution in [0.1, 0.15) is 65.2 Å². The summed E-state index contributed by atoms with van der Waals surface area (Å²) in [5.74, 6) is -2.20. The zero-order valence-electron chi connectivity index (χ0n) is 17.8. The number of Topliss-reactive ketones (excluding diaryl/α,β-unsaturated/α-hetero) is 1. The Hall–Kier alpha value is -2.50. The highest BCUT2D eigenvalue weighted by Crippen LogP contribution is 2.38. The van der Waals surface area contributed by atoms with Crippen LogP contribution in [0.25, 0.3) is 0 Å². The molecule has 1 heterocycles. The number of esters is 1. The van der Waals surface area contributed by atoms with Gasteiger partial charge < -0.3 is 4.74 Å². The number of ketones is 1. The largest absolute Gasteiger partial charge is 0.456 e. The van der Waals surface area contributed by atoms with Gasteiger partial charge in [0.05, 0.1) is 11.8 Å². The summed E-state index contributed by atoms with van der Waals surface area (Å²) in [5.41, 5.74) is 4.59. The quantitative estimate of drug-likeness (QED) is 0.431. The lowest BCUT2D eigenvalue weighted by Gasteiger charge is -2.21. The van der Waals surface area contributed by atoms with Crippen LogP contribution in [0.5, 0.6) is 0 Å². The molecule has 2 amide bonds. The minimum absolute atomic E-state index is 0.281. The fourth-order valence-corrected chi connectivity index (χ4v) is 4.51. The first-order valence-corrected chi connectivity index (χ1v) is 10.3. The van der Waals surface area contributed by atoms with Gasteiger partial charge in [0.25, 0.3) is 0 Å². The molecule has 0 spiro atoms. The number of rotatable bonds is 5. The Morgan fingerprint density at radius 2 is 1.55 bits per heavy atom. The lowest BCUT2D eigenvalue weighted by molar-refractivity contribution is -0.157. The lowest BCUT2D eigenvalue weighted by Crippen LogP contribution is -2.44. The van der Waals surface area contributed by atoms with Gasteiger partial charge in [0, 0.05) is 5.56 Å². The van der Waals surface area contributed by atoms with Gasteiger partial charge in [0.1, 0.15) is 6.04 Å². The standard InChI is InChI=1S/C23H29NO5/c1-12-10-19(15(4)14(3)13(12)2)20(25)11-29-23(28)16(5)24-21(26)17-8-6-7-9-18(17)22(24)27/h10,16-18H,6-9,11H2,1-5H3/t16-,17?,18?/m0/s1. The molecule has 0 radical (unpaired) electrons. The molecule has 1 aromatic carbocycles. The number of carbonyl (C=O) groups is 4. The molecule has 6 nitrogen and oxygen atoms in total. The molecule has 2 aliphatic rings. The van der Waals surface area contributed by atoms with E-state index in [1.807, 2.05) is 33.8 Å². The molecular weight excluding hydrogens is 370 g/mol. The number of benzene rings is 1. The van der Waals surface area contributed by atoms with Gasteiger partial charge in [-0.15, -0.1) is 0 Å². The summed E-state index contributed by atoms with van der Waals surface area (Å²) in [6.07, 6.45) is 3.24. The van der Waals surface area contributed by atoms with Gasteiger partial charge in [-0.1, -0.05) is 12.8 Å². The van der Waals surface area contributed by atoms with E-state index in [4.69, 9.17) is 4.74 Å². The van der Waals surface area contributed by atoms with Crippen LogP contribution in [-0.4, -0.2) is 41.1 Å². The maximum absolute atomic E-state index is 12.6. The minimum Gasteiger partial charge on any atom is -0.456 e. The number of imide groups is 1. The van der Waals surface area contributed by atoms with Crippen LogP contribution >= 0.6 is 0 Å². The second-order valence-corrected chi connectivity index (χ2v) is 8.37. The first-order valence-electron chi connectivity index (χ1n) is 10.3. The van der Waals surface area contributed by atoms with Crippen molar-refractivity contribution in [2.75, 3.05) is 6.61 Å². The van der Waals surface area contributed by atoms with Crippen LogP contribution < -0.4 is 0 Å². The molecule has 3 atom stereocenters. The van der Waals surface area contributed by atoms with Gasteiger partial charge in [0.15, 0.2) is 6.61 Å². The van der Waals surface area contributed by atoms with Gasteiger partial charge >= 0.3 is 5.97 Å². The van der Waals surface area contributed by atoms with E-state index in [2.05, 4.69) is 0 Å². The maximum atomic E-state index is 12.6. The molecule has 6 heteroatoms. The topological polar surface area (TPSA) is 80.8 Å². The fourth-order valence-electron chi connectivity index (χ4n) is 4.51. The van der Waals surface area contributed by atoms with Gasteiger partial charge in [-0.05, 0) is 75.8 Å². The average molecular weight is 399 g/mol. The van der Waals surface area contributed by atoms with E-state index in [1.54, 1.807) is 0 Å². The van der Waals surface area contributed by atoms with Crippen molar-refractivity contribution in [3.8, 4) is 0 Å². The number of hydrogen-bond donors (Lipinski definition) is 0. The third kappa shape index (κ3) is 3.72. The van der Waals surface area contributed by atoms with E-state index in [0.29, 0.717) is 18.4 Å². The second-order valence-electron chi connectivity index (χ2n) is 8.37. The predicted molar refractivity (Wildman–Crippen MR) is 107 cm³/mol. The van der Waals surface area contributed by atoms with E-state index in [0.717, 1.165) is 40.0 Å². The first-order chi connectivity index (χ1) is 13.6. The number of hydrogen-bond acceptors (Lipinski definition) is 5. The van der Waals surface area contributed by atoms with Crippen molar-refractivity contribution in [1.29, 1.82) is 0 Å². The molecule has 1 saturated carbocycles. The third-order valence-corrected chi connectivity index (χ3v) is 6.73. The molecule has 1 aliphatic carbocycles. The van der Waals surface area contributed by atoms with Gasteiger partial charge in [-0.2, -0.15) is 0 Å². The minimum atomic E-state index is -1.02. The summed E-state index contributed by atoms with van der Waals surface area (Å²) in [5, 5.41) is 0. The Morgan fingerprint density at radius 3 is 2.10 bits per heavy atom. The monoisotopic (exact) mass is 399 g/mol. The Balaban J connectivity index is 1.67. The Bertz CT molecular complexity index is 864. The van der Waals surface area contributed by atoms with E-state index in [9.17, 15) is 19.2 Å². The highest BCUT2D eigenvalue weighted by molar-refractivity contribution is 6.08. The van der Waals surface area contributed by atoms with E-state index in [-0.39, 0.29) is 29.4 Å². The summed E-state index contributed by atoms with van der Waals surface area (Å²) in [7, 11) is 0. The average Bonchev–Trinajstić information content (AvgIpc) is 2.97. The SMILES string of the molecule is Cc1cc(C(=O)COC(=O)[C@H](C)N2C(=O)C3CCCCC3C2=O)c(C)c(C)c1C. The van der Waals surface area contributed by atoms with Crippen LogP contribution in [-0.2, 0) is 19.1 Å². The molecule has 29 heavy (non-hydrogen) atoms. The van der Waals surface area contributed by atoms with Crippen LogP contribution in [0.3, 0.4) is 0 Å². The zero-order chi connectivity index (χ0) is 21.5. The second kappa shape index (κ2) is 8.09. The van der Waals surface area contributed by atoms with Crippen molar-refractivity contribution in [3.05, 3.63) is 33.9 Å². The number of aryl methyl sites for hydroxylation is 1. The molecule has 156 valence electrons. The zero-order valence-corrected chi connectivity index (χ0v) is 17.8. The van der Waals surface area contributed by atoms with Crippen molar-refractivity contribution in [2.45, 2.75) is 66.3 Å². The Kier molecular flexibility index (Phi) is 5.92. The van der Waals surface area contributed by atoms with E-state index in [1.165, 1.54) is 6.92 Å². The maximum Gasteiger partial charge on any atom is 0.329 e. The predicted octanol–water partition coefficient (Wildman–Crippen LogP) is 3.21. The van der Waals surface area contributed by atoms with Crippen LogP contribution in [0.2, 0.25) is 0 Å². The Labute approximate surface area is 171 Å². The normalized spacial score (nSPS) is 22.4. The first kappa shape index (κ1) is 21.2. The van der Waals surface area contributed by atoms with Gasteiger partial charge in [0.2, 0.25) is 17.6 Å². The van der Waals surface area contributed by atoms with Crippen molar-refractivity contribution in [1.82, 2.24) is 4.90 Å². The molecule has 3 rings (SSSR count). The fraction of sp³-hybridized carbons (Fsp3) is 0.565. The van der Waals surface area contributed by atoms with Crippen molar-refractivity contribution >= 4 is 23.6 Å². The highest BCUT2D eigenvalue weighted by Gasteiger charge is 2.51. The van der Waals surface area contributed by atoms with Crippen molar-refractivity contribution < 1.29 is 23.9 Å².